The van der Waals surface area contributed by atoms with E-state index in [1.165, 1.54) is 9.46 Å². The number of methoxy groups -OCH3 is 1. The third-order valence-corrected chi connectivity index (χ3v) is 6.92. The molecule has 6 nitrogen and oxygen atoms in total. The van der Waals surface area contributed by atoms with Gasteiger partial charge in [-0.3, -0.25) is 14.2 Å². The van der Waals surface area contributed by atoms with Crippen molar-refractivity contribution in [2.75, 3.05) is 19.0 Å². The molecule has 0 aliphatic heterocycles. The minimum Gasteiger partial charge on any atom is -0.385 e. The number of aromatic amines is 1. The lowest BCUT2D eigenvalue weighted by Gasteiger charge is -2.13. The summed E-state index contributed by atoms with van der Waals surface area (Å²) in [5.74, 6) is -0.235. The zero-order chi connectivity index (χ0) is 23.3. The Labute approximate surface area is 197 Å². The fourth-order valence-electron chi connectivity index (χ4n) is 3.33. The van der Waals surface area contributed by atoms with Crippen molar-refractivity contribution < 1.29 is 9.53 Å². The molecule has 2 N–H and O–H groups in total. The summed E-state index contributed by atoms with van der Waals surface area (Å²) in [4.78, 5) is 30.0. The number of nitrogens with zero attached hydrogens (tertiary/aromatic N) is 1. The van der Waals surface area contributed by atoms with Crippen LogP contribution in [0.1, 0.15) is 42.6 Å². The second-order valence-corrected chi connectivity index (χ2v) is 9.66. The Morgan fingerprint density at radius 2 is 2.06 bits per heavy atom. The van der Waals surface area contributed by atoms with Gasteiger partial charge in [0.05, 0.1) is 10.9 Å². The Morgan fingerprint density at radius 3 is 2.75 bits per heavy atom. The van der Waals surface area contributed by atoms with Gasteiger partial charge in [-0.05, 0) is 73.9 Å². The number of nitrogens with one attached hydrogen (secondary N) is 2. The molecule has 8 heteroatoms. The summed E-state index contributed by atoms with van der Waals surface area (Å²) in [7, 11) is 1.62. The van der Waals surface area contributed by atoms with Crippen LogP contribution in [0, 0.1) is 11.7 Å². The van der Waals surface area contributed by atoms with Crippen molar-refractivity contribution in [3.8, 4) is 0 Å². The summed E-state index contributed by atoms with van der Waals surface area (Å²) < 4.78 is 6.91. The fraction of sp³-hybridized carbons (Fsp3) is 0.375. The van der Waals surface area contributed by atoms with Crippen LogP contribution in [0.5, 0.6) is 0 Å². The molecular formula is C24H29N3O3S2. The van der Waals surface area contributed by atoms with E-state index in [2.05, 4.69) is 30.2 Å². The van der Waals surface area contributed by atoms with Gasteiger partial charge >= 0.3 is 0 Å². The SMILES string of the molecule is CCC(C)Sc1ccc(NC(=O)c2ccc3c(=O)n(CCCOC)c(=S)[nH]c3c2)c(C)c1. The number of aryl methyl sites for hydroxylation is 1. The minimum absolute atomic E-state index is 0.169. The number of carbonyl (C=O) groups is 1. The first-order chi connectivity index (χ1) is 15.3. The van der Waals surface area contributed by atoms with Gasteiger partial charge < -0.3 is 15.0 Å². The molecule has 1 atom stereocenters. The van der Waals surface area contributed by atoms with Crippen LogP contribution in [0.25, 0.3) is 10.9 Å². The van der Waals surface area contributed by atoms with Crippen LogP contribution in [0.15, 0.2) is 46.1 Å². The molecule has 170 valence electrons. The third-order valence-electron chi connectivity index (χ3n) is 5.33. The fourth-order valence-corrected chi connectivity index (χ4v) is 4.63. The van der Waals surface area contributed by atoms with E-state index in [1.807, 2.05) is 30.8 Å². The van der Waals surface area contributed by atoms with Gasteiger partial charge in [0.25, 0.3) is 11.5 Å². The van der Waals surface area contributed by atoms with Crippen LogP contribution < -0.4 is 10.9 Å². The van der Waals surface area contributed by atoms with E-state index in [1.54, 1.807) is 25.3 Å². The summed E-state index contributed by atoms with van der Waals surface area (Å²) in [6.07, 6.45) is 1.79. The van der Waals surface area contributed by atoms with Gasteiger partial charge in [-0.2, -0.15) is 0 Å². The summed E-state index contributed by atoms with van der Waals surface area (Å²) in [5.41, 5.74) is 2.61. The molecule has 32 heavy (non-hydrogen) atoms. The molecular weight excluding hydrogens is 442 g/mol. The summed E-state index contributed by atoms with van der Waals surface area (Å²) in [5, 5.41) is 4.01. The third kappa shape index (κ3) is 5.68. The molecule has 0 radical (unpaired) electrons. The van der Waals surface area contributed by atoms with Crippen molar-refractivity contribution in [1.82, 2.24) is 9.55 Å². The average molecular weight is 472 g/mol. The number of ether oxygens (including phenoxy) is 1. The number of fused-ring (bicyclic) bond motifs is 1. The van der Waals surface area contributed by atoms with Crippen molar-refractivity contribution in [3.63, 3.8) is 0 Å². The number of anilines is 1. The second kappa shape index (κ2) is 10.9. The largest absolute Gasteiger partial charge is 0.385 e. The minimum atomic E-state index is -0.235. The van der Waals surface area contributed by atoms with E-state index in [0.717, 1.165) is 17.7 Å². The highest BCUT2D eigenvalue weighted by atomic mass is 32.2. The van der Waals surface area contributed by atoms with Crippen LogP contribution in [0.3, 0.4) is 0 Å². The number of aromatic nitrogens is 2. The maximum absolute atomic E-state index is 12.9. The Bertz CT molecular complexity index is 1230. The molecule has 0 bridgehead atoms. The Balaban J connectivity index is 1.82. The van der Waals surface area contributed by atoms with Crippen LogP contribution >= 0.6 is 24.0 Å². The summed E-state index contributed by atoms with van der Waals surface area (Å²) in [6.45, 7) is 7.39. The number of hydrogen-bond acceptors (Lipinski definition) is 5. The Hall–Kier alpha value is -2.42. The lowest BCUT2D eigenvalue weighted by Crippen LogP contribution is -2.23. The van der Waals surface area contributed by atoms with Gasteiger partial charge in [0.2, 0.25) is 0 Å². The summed E-state index contributed by atoms with van der Waals surface area (Å²) >= 11 is 7.19. The predicted molar refractivity (Wildman–Crippen MR) is 135 cm³/mol. The normalized spacial score (nSPS) is 12.1. The Kier molecular flexibility index (Phi) is 8.28. The molecule has 3 aromatic rings. The molecule has 1 amide bonds. The average Bonchev–Trinajstić information content (AvgIpc) is 2.77. The molecule has 0 aliphatic rings. The van der Waals surface area contributed by atoms with Crippen LogP contribution in [0.2, 0.25) is 0 Å². The zero-order valence-electron chi connectivity index (χ0n) is 18.9. The molecule has 0 saturated carbocycles. The topological polar surface area (TPSA) is 76.1 Å². The van der Waals surface area contributed by atoms with Crippen LogP contribution in [0.4, 0.5) is 5.69 Å². The molecule has 0 spiro atoms. The Morgan fingerprint density at radius 1 is 1.28 bits per heavy atom. The van der Waals surface area contributed by atoms with Gasteiger partial charge in [-0.1, -0.05) is 13.8 Å². The lowest BCUT2D eigenvalue weighted by molar-refractivity contribution is 0.102. The van der Waals surface area contributed by atoms with E-state index in [4.69, 9.17) is 17.0 Å². The number of benzene rings is 2. The van der Waals surface area contributed by atoms with E-state index in [-0.39, 0.29) is 11.5 Å². The van der Waals surface area contributed by atoms with E-state index in [9.17, 15) is 9.59 Å². The lowest BCUT2D eigenvalue weighted by atomic mass is 10.1. The standard InChI is InChI=1S/C24H29N3O3S2/c1-5-16(3)32-18-8-10-20(15(2)13-18)25-22(28)17-7-9-19-21(14-17)26-24(31)27(23(19)29)11-6-12-30-4/h7-10,13-14,16H,5-6,11-12H2,1-4H3,(H,25,28)(H,26,31). The molecule has 3 rings (SSSR count). The molecule has 0 saturated heterocycles. The van der Waals surface area contributed by atoms with Crippen LogP contribution in [-0.2, 0) is 11.3 Å². The highest BCUT2D eigenvalue weighted by Gasteiger charge is 2.12. The number of thioether (sulfide) groups is 1. The van der Waals surface area contributed by atoms with Crippen molar-refractivity contribution in [2.24, 2.45) is 0 Å². The van der Waals surface area contributed by atoms with E-state index >= 15 is 0 Å². The van der Waals surface area contributed by atoms with E-state index in [0.29, 0.717) is 46.1 Å². The number of hydrogen-bond donors (Lipinski definition) is 2. The van der Waals surface area contributed by atoms with Crippen molar-refractivity contribution in [3.05, 3.63) is 62.6 Å². The molecule has 1 aromatic heterocycles. The first-order valence-electron chi connectivity index (χ1n) is 10.7. The smallest absolute Gasteiger partial charge is 0.262 e. The molecule has 1 unspecified atom stereocenters. The van der Waals surface area contributed by atoms with E-state index < -0.39 is 0 Å². The summed E-state index contributed by atoms with van der Waals surface area (Å²) in [6, 6.07) is 11.1. The first-order valence-corrected chi connectivity index (χ1v) is 12.0. The monoisotopic (exact) mass is 471 g/mol. The van der Waals surface area contributed by atoms with Crippen molar-refractivity contribution in [1.29, 1.82) is 0 Å². The molecule has 0 fully saturated rings. The van der Waals surface area contributed by atoms with Gasteiger partial charge in [-0.25, -0.2) is 0 Å². The van der Waals surface area contributed by atoms with Crippen LogP contribution in [-0.4, -0.2) is 34.4 Å². The highest BCUT2D eigenvalue weighted by Crippen LogP contribution is 2.28. The number of rotatable bonds is 9. The molecule has 2 aromatic carbocycles. The van der Waals surface area contributed by atoms with Crippen molar-refractivity contribution >= 4 is 46.5 Å². The first kappa shape index (κ1) is 24.2. The second-order valence-electron chi connectivity index (χ2n) is 7.76. The van der Waals surface area contributed by atoms with Gasteiger partial charge in [-0.15, -0.1) is 11.8 Å². The maximum atomic E-state index is 12.9. The number of H-pyrrole nitrogens is 1. The maximum Gasteiger partial charge on any atom is 0.262 e. The molecule has 1 heterocycles. The highest BCUT2D eigenvalue weighted by molar-refractivity contribution is 7.99. The number of carbonyl (C=O) groups excluding carboxylic acids is 1. The van der Waals surface area contributed by atoms with Gasteiger partial charge in [0.15, 0.2) is 4.77 Å². The zero-order valence-corrected chi connectivity index (χ0v) is 20.5. The quantitative estimate of drug-likeness (QED) is 0.243. The molecule has 0 aliphatic carbocycles. The van der Waals surface area contributed by atoms with Crippen molar-refractivity contribution in [2.45, 2.75) is 50.3 Å². The van der Waals surface area contributed by atoms with Gasteiger partial charge in [0.1, 0.15) is 0 Å². The predicted octanol–water partition coefficient (Wildman–Crippen LogP) is 5.55. The number of amides is 1. The van der Waals surface area contributed by atoms with Gasteiger partial charge in [0, 0.05) is 41.7 Å².